The zero-order valence-electron chi connectivity index (χ0n) is 17.3. The first kappa shape index (κ1) is 22.0. The fourth-order valence-corrected chi connectivity index (χ4v) is 4.41. The monoisotopic (exact) mass is 487 g/mol. The van der Waals surface area contributed by atoms with E-state index in [1.165, 1.54) is 24.3 Å². The average Bonchev–Trinajstić information content (AvgIpc) is 3.45. The number of alkyl halides is 3. The van der Waals surface area contributed by atoms with Gasteiger partial charge in [0.1, 0.15) is 15.5 Å². The highest BCUT2D eigenvalue weighted by atomic mass is 32.1. The molecule has 2 N–H and O–H groups in total. The second kappa shape index (κ2) is 8.49. The lowest BCUT2D eigenvalue weighted by Crippen LogP contribution is -2.08. The van der Waals surface area contributed by atoms with E-state index in [2.05, 4.69) is 15.3 Å². The minimum atomic E-state index is -4.50. The van der Waals surface area contributed by atoms with Gasteiger partial charge in [-0.05, 0) is 42.3 Å². The molecule has 0 saturated carbocycles. The number of hydrogen-bond acceptors (Lipinski definition) is 7. The molecule has 0 fully saturated rings. The number of benzene rings is 2. The topological polar surface area (TPSA) is 93.6 Å². The van der Waals surface area contributed by atoms with Crippen LogP contribution in [0.3, 0.4) is 0 Å². The van der Waals surface area contributed by atoms with E-state index in [0.717, 1.165) is 11.6 Å². The van der Waals surface area contributed by atoms with Crippen LogP contribution in [0.2, 0.25) is 0 Å². The molecule has 3 heterocycles. The van der Waals surface area contributed by atoms with Crippen LogP contribution in [0, 0.1) is 0 Å². The number of nitrogens with one attached hydrogen (secondary N) is 1. The van der Waals surface area contributed by atoms with Crippen LogP contribution in [-0.4, -0.2) is 34.4 Å². The average molecular weight is 487 g/mol. The molecule has 5 rings (SSSR count). The summed E-state index contributed by atoms with van der Waals surface area (Å²) in [5.41, 5.74) is 1.54. The van der Waals surface area contributed by atoms with E-state index >= 15 is 0 Å². The maximum Gasteiger partial charge on any atom is 0.425 e. The second-order valence-electron chi connectivity index (χ2n) is 7.47. The number of rotatable bonds is 6. The molecule has 0 unspecified atom stereocenters. The molecular weight excluding hydrogens is 471 g/mol. The van der Waals surface area contributed by atoms with Crippen molar-refractivity contribution in [2.75, 3.05) is 18.7 Å². The largest absolute Gasteiger partial charge is 0.478 e. The number of carboxylic acids is 1. The third kappa shape index (κ3) is 4.34. The molecule has 0 radical (unpaired) electrons. The first-order valence-electron chi connectivity index (χ1n) is 10.1. The molecule has 174 valence electrons. The molecule has 11 heteroatoms. The van der Waals surface area contributed by atoms with Crippen molar-refractivity contribution in [1.29, 1.82) is 0 Å². The lowest BCUT2D eigenvalue weighted by atomic mass is 10.1. The quantitative estimate of drug-likeness (QED) is 0.373. The summed E-state index contributed by atoms with van der Waals surface area (Å²) in [5, 5.41) is 12.5. The van der Waals surface area contributed by atoms with Gasteiger partial charge >= 0.3 is 12.1 Å². The van der Waals surface area contributed by atoms with E-state index in [0.29, 0.717) is 41.4 Å². The van der Waals surface area contributed by atoms with Gasteiger partial charge in [-0.2, -0.15) is 13.2 Å². The van der Waals surface area contributed by atoms with Crippen LogP contribution < -0.4 is 14.8 Å². The number of halogens is 3. The fourth-order valence-electron chi connectivity index (χ4n) is 3.51. The van der Waals surface area contributed by atoms with Crippen LogP contribution in [0.15, 0.2) is 48.5 Å². The van der Waals surface area contributed by atoms with Gasteiger partial charge in [-0.25, -0.2) is 14.8 Å². The number of hydrogen-bond donors (Lipinski definition) is 2. The van der Waals surface area contributed by atoms with Crippen molar-refractivity contribution in [2.45, 2.75) is 12.6 Å². The molecule has 2 aromatic carbocycles. The van der Waals surface area contributed by atoms with Gasteiger partial charge in [0.15, 0.2) is 17.3 Å². The first-order chi connectivity index (χ1) is 16.3. The normalized spacial score (nSPS) is 12.8. The molecule has 2 aromatic heterocycles. The molecule has 7 nitrogen and oxygen atoms in total. The molecule has 0 saturated heterocycles. The Bertz CT molecular complexity index is 1390. The van der Waals surface area contributed by atoms with Crippen molar-refractivity contribution in [3.05, 3.63) is 64.5 Å². The lowest BCUT2D eigenvalue weighted by molar-refractivity contribution is -0.134. The Morgan fingerprint density at radius 1 is 1.06 bits per heavy atom. The Labute approximate surface area is 194 Å². The third-order valence-corrected chi connectivity index (χ3v) is 6.28. The Morgan fingerprint density at radius 3 is 2.56 bits per heavy atom. The van der Waals surface area contributed by atoms with E-state index in [9.17, 15) is 18.0 Å². The molecule has 0 atom stereocenters. The molecule has 4 aromatic rings. The summed E-state index contributed by atoms with van der Waals surface area (Å²) in [6, 6.07) is 12.5. The van der Waals surface area contributed by atoms with Gasteiger partial charge < -0.3 is 19.9 Å². The van der Waals surface area contributed by atoms with Gasteiger partial charge in [0.05, 0.1) is 10.9 Å². The van der Waals surface area contributed by atoms with E-state index < -0.39 is 17.0 Å². The predicted octanol–water partition coefficient (Wildman–Crippen LogP) is 5.46. The maximum absolute atomic E-state index is 13.3. The Balaban J connectivity index is 1.45. The number of carboxylic acid groups (broad SMARTS) is 1. The minimum absolute atomic E-state index is 0.0855. The van der Waals surface area contributed by atoms with Crippen molar-refractivity contribution < 1.29 is 32.5 Å². The number of fused-ring (bicyclic) bond motifs is 2. The number of aromatic nitrogens is 2. The number of ether oxygens (including phenoxy) is 2. The fraction of sp³-hybridized carbons (Fsp3) is 0.174. The lowest BCUT2D eigenvalue weighted by Gasteiger charge is -2.10. The molecule has 34 heavy (non-hydrogen) atoms. The zero-order valence-corrected chi connectivity index (χ0v) is 18.2. The van der Waals surface area contributed by atoms with Gasteiger partial charge in [-0.3, -0.25) is 0 Å². The summed E-state index contributed by atoms with van der Waals surface area (Å²) in [4.78, 5) is 19.3. The number of carbonyl (C=O) groups is 1. The SMILES string of the molecule is O=C(O)c1ccc(-c2nc(NCCc3ccc4c(c3)OCO4)c3cc(C(F)(F)F)sc3n2)cc1. The van der Waals surface area contributed by atoms with Crippen LogP contribution in [0.25, 0.3) is 21.6 Å². The van der Waals surface area contributed by atoms with E-state index in [4.69, 9.17) is 14.6 Å². The smallest absolute Gasteiger partial charge is 0.425 e. The van der Waals surface area contributed by atoms with Crippen LogP contribution in [0.1, 0.15) is 20.8 Å². The van der Waals surface area contributed by atoms with Crippen LogP contribution in [0.4, 0.5) is 19.0 Å². The van der Waals surface area contributed by atoms with Crippen LogP contribution in [-0.2, 0) is 12.6 Å². The van der Waals surface area contributed by atoms with Gasteiger partial charge in [-0.1, -0.05) is 18.2 Å². The van der Waals surface area contributed by atoms with Gasteiger partial charge in [0, 0.05) is 12.1 Å². The third-order valence-electron chi connectivity index (χ3n) is 5.21. The van der Waals surface area contributed by atoms with Crippen molar-refractivity contribution in [3.63, 3.8) is 0 Å². The Kier molecular flexibility index (Phi) is 5.48. The summed E-state index contributed by atoms with van der Waals surface area (Å²) in [7, 11) is 0. The molecule has 0 aliphatic carbocycles. The number of aromatic carboxylic acids is 1. The van der Waals surface area contributed by atoms with Crippen molar-refractivity contribution >= 4 is 33.3 Å². The molecule has 1 aliphatic rings. The highest BCUT2D eigenvalue weighted by Crippen LogP contribution is 2.40. The Hall–Kier alpha value is -3.86. The summed E-state index contributed by atoms with van der Waals surface area (Å²) in [5.74, 6) is 0.717. The number of anilines is 1. The summed E-state index contributed by atoms with van der Waals surface area (Å²) >= 11 is 0.538. The predicted molar refractivity (Wildman–Crippen MR) is 120 cm³/mol. The highest BCUT2D eigenvalue weighted by Gasteiger charge is 2.33. The van der Waals surface area contributed by atoms with E-state index in [-0.39, 0.29) is 34.2 Å². The van der Waals surface area contributed by atoms with Gasteiger partial charge in [-0.15, -0.1) is 11.3 Å². The highest BCUT2D eigenvalue weighted by molar-refractivity contribution is 7.18. The Morgan fingerprint density at radius 2 is 1.82 bits per heavy atom. The molecule has 0 spiro atoms. The maximum atomic E-state index is 13.3. The van der Waals surface area contributed by atoms with Gasteiger partial charge in [0.2, 0.25) is 6.79 Å². The number of thiophene rings is 1. The molecule has 0 amide bonds. The van der Waals surface area contributed by atoms with Crippen molar-refractivity contribution in [3.8, 4) is 22.9 Å². The minimum Gasteiger partial charge on any atom is -0.478 e. The molecule has 1 aliphatic heterocycles. The summed E-state index contributed by atoms with van der Waals surface area (Å²) < 4.78 is 50.7. The molecular formula is C23H16F3N3O4S. The van der Waals surface area contributed by atoms with Crippen LogP contribution >= 0.6 is 11.3 Å². The van der Waals surface area contributed by atoms with Crippen molar-refractivity contribution in [2.24, 2.45) is 0 Å². The molecule has 0 bridgehead atoms. The number of nitrogens with zero attached hydrogens (tertiary/aromatic N) is 2. The first-order valence-corrected chi connectivity index (χ1v) is 10.9. The summed E-state index contributed by atoms with van der Waals surface area (Å²) in [6.07, 6.45) is -3.93. The standard InChI is InChI=1S/C23H16F3N3O4S/c24-23(25,26)18-10-15-20(27-8-7-12-1-6-16-17(9-12)33-11-32-16)28-19(29-21(15)34-18)13-2-4-14(5-3-13)22(30)31/h1-6,9-10H,7-8,11H2,(H,30,31)(H,27,28,29). The van der Waals surface area contributed by atoms with Crippen molar-refractivity contribution in [1.82, 2.24) is 9.97 Å². The van der Waals surface area contributed by atoms with E-state index in [1.807, 2.05) is 18.2 Å². The summed E-state index contributed by atoms with van der Waals surface area (Å²) in [6.45, 7) is 0.576. The van der Waals surface area contributed by atoms with E-state index in [1.54, 1.807) is 0 Å². The second-order valence-corrected chi connectivity index (χ2v) is 8.50. The zero-order chi connectivity index (χ0) is 23.9. The van der Waals surface area contributed by atoms with Crippen LogP contribution in [0.5, 0.6) is 11.5 Å². The van der Waals surface area contributed by atoms with Gasteiger partial charge in [0.25, 0.3) is 0 Å².